The fraction of sp³-hybridized carbons (Fsp3) is 0.786. The molecule has 0 unspecified atom stereocenters. The smallest absolute Gasteiger partial charge is 0.458 e. The molecule has 3 aliphatic heterocycles. The number of carbonyl (C=O) groups excluding carboxylic acids is 4. The van der Waals surface area contributed by atoms with Crippen LogP contribution in [0.1, 0.15) is 133 Å². The van der Waals surface area contributed by atoms with Crippen LogP contribution in [0, 0.1) is 23.7 Å². The molecule has 0 radical (unpaired) electrons. The number of rotatable bonds is 15. The lowest BCUT2D eigenvalue weighted by Crippen LogP contribution is -2.60. The third-order valence-electron chi connectivity index (χ3n) is 16.9. The molecule has 3 saturated heterocycles. The van der Waals surface area contributed by atoms with Crippen LogP contribution < -0.4 is 10.9 Å². The van der Waals surface area contributed by atoms with Gasteiger partial charge < -0.3 is 53.0 Å². The number of hydrazine groups is 1. The number of benzene rings is 1. The summed E-state index contributed by atoms with van der Waals surface area (Å²) >= 11 is 0. The van der Waals surface area contributed by atoms with E-state index in [-0.39, 0.29) is 55.8 Å². The number of hydrogen-bond acceptors (Lipinski definition) is 18. The lowest BCUT2D eigenvalue weighted by molar-refractivity contribution is -0.302. The van der Waals surface area contributed by atoms with Gasteiger partial charge in [0.2, 0.25) is 0 Å². The number of cyclic esters (lactones) is 1. The standard InChI is InChI=1S/C56H91N7O14/c1-16-18-19-20-38-21-23-39(24-22-38)40-30-63(60-57-40)31-45(64)58-59-52(67)74-44-25-33(4)42(28-55(44,10)70-15)72-47-35(6)48(75-51-46(65)41(61(12)13)26-34(5)71-51)54(9,69)27-32(3)29-62(14)37(8)49-56(11,77-53(68)76-49)43(17-2)73-50(66)36(47)7/h21-24,30,32-37,41-44,46-49,51,65,69H,16-20,25-29,31H2,1-15H3,(H,58,64)(H,59,67)/t32-,33+,34+,35+,36-,37-,41-,42+,43+,44+,46+,47-,48-,49-,51-,54+,55-,56-/m1/s1. The minimum atomic E-state index is -1.60. The average Bonchev–Trinajstić information content (AvgIpc) is 3.97. The van der Waals surface area contributed by atoms with Crippen LogP contribution in [0.2, 0.25) is 0 Å². The maximum Gasteiger partial charge on any atom is 0.509 e. The van der Waals surface area contributed by atoms with E-state index in [1.807, 2.05) is 84.6 Å². The van der Waals surface area contributed by atoms with Gasteiger partial charge in [-0.3, -0.25) is 19.9 Å². The Morgan fingerprint density at radius 2 is 1.65 bits per heavy atom. The molecule has 4 fully saturated rings. The number of likely N-dealkylation sites (N-methyl/N-ethyl adjacent to an activating group) is 2. The van der Waals surface area contributed by atoms with Gasteiger partial charge >= 0.3 is 18.2 Å². The monoisotopic (exact) mass is 1090 g/mol. The highest BCUT2D eigenvalue weighted by molar-refractivity contribution is 5.79. The van der Waals surface area contributed by atoms with Gasteiger partial charge in [-0.2, -0.15) is 0 Å². The predicted molar refractivity (Wildman–Crippen MR) is 285 cm³/mol. The van der Waals surface area contributed by atoms with Gasteiger partial charge in [-0.05, 0) is 119 Å². The second-order valence-corrected chi connectivity index (χ2v) is 23.6. The maximum absolute atomic E-state index is 14.9. The van der Waals surface area contributed by atoms with E-state index < -0.39 is 102 Å². The first kappa shape index (κ1) is 61.7. The third kappa shape index (κ3) is 14.9. The highest BCUT2D eigenvalue weighted by Crippen LogP contribution is 2.44. The number of aromatic nitrogens is 3. The average molecular weight is 1090 g/mol. The quantitative estimate of drug-likeness (QED) is 0.0671. The summed E-state index contributed by atoms with van der Waals surface area (Å²) in [5.41, 5.74) is 3.41. The van der Waals surface area contributed by atoms with Gasteiger partial charge in [0.1, 0.15) is 36.2 Å². The van der Waals surface area contributed by atoms with Crippen molar-refractivity contribution in [2.45, 2.75) is 225 Å². The summed E-state index contributed by atoms with van der Waals surface area (Å²) in [5.74, 6) is -3.46. The molecule has 77 heavy (non-hydrogen) atoms. The number of fused-ring (bicyclic) bond motifs is 1. The molecule has 1 aromatic carbocycles. The molecule has 0 bridgehead atoms. The van der Waals surface area contributed by atoms with Crippen molar-refractivity contribution in [2.75, 3.05) is 34.8 Å². The minimum Gasteiger partial charge on any atom is -0.458 e. The Labute approximate surface area is 456 Å². The highest BCUT2D eigenvalue weighted by atomic mass is 16.8. The Morgan fingerprint density at radius 1 is 0.948 bits per heavy atom. The number of amides is 2. The number of unbranched alkanes of at least 4 members (excludes halogenated alkanes) is 2. The normalized spacial score (nSPS) is 37.6. The summed E-state index contributed by atoms with van der Waals surface area (Å²) in [6.45, 7) is 20.9. The highest BCUT2D eigenvalue weighted by Gasteiger charge is 2.58. The van der Waals surface area contributed by atoms with E-state index in [4.69, 9.17) is 37.9 Å². The van der Waals surface area contributed by atoms with Crippen molar-refractivity contribution in [3.05, 3.63) is 36.0 Å². The molecule has 21 heteroatoms. The number of nitrogens with zero attached hydrogens (tertiary/aromatic N) is 5. The van der Waals surface area contributed by atoms with E-state index in [9.17, 15) is 29.4 Å². The molecular formula is C56H91N7O14. The fourth-order valence-corrected chi connectivity index (χ4v) is 12.2. The minimum absolute atomic E-state index is 0.161. The first-order chi connectivity index (χ1) is 36.2. The molecule has 6 rings (SSSR count). The molecular weight excluding hydrogens is 995 g/mol. The Bertz CT molecular complexity index is 2270. The van der Waals surface area contributed by atoms with Crippen LogP contribution in [0.3, 0.4) is 0 Å². The second kappa shape index (κ2) is 26.2. The van der Waals surface area contributed by atoms with Crippen molar-refractivity contribution in [1.29, 1.82) is 0 Å². The van der Waals surface area contributed by atoms with Gasteiger partial charge in [0.05, 0.1) is 42.1 Å². The van der Waals surface area contributed by atoms with Crippen molar-refractivity contribution >= 4 is 24.1 Å². The number of esters is 1. The van der Waals surface area contributed by atoms with Crippen molar-refractivity contribution in [1.82, 2.24) is 35.6 Å². The number of hydrogen-bond donors (Lipinski definition) is 4. The van der Waals surface area contributed by atoms with Crippen LogP contribution in [-0.4, -0.2) is 178 Å². The Morgan fingerprint density at radius 3 is 2.30 bits per heavy atom. The molecule has 4 N–H and O–H groups in total. The van der Waals surface area contributed by atoms with Crippen LogP contribution in [0.5, 0.6) is 0 Å². The Balaban J connectivity index is 1.22. The molecule has 1 aromatic heterocycles. The first-order valence-electron chi connectivity index (χ1n) is 27.9. The summed E-state index contributed by atoms with van der Waals surface area (Å²) in [5, 5.41) is 33.0. The van der Waals surface area contributed by atoms with Crippen LogP contribution in [0.25, 0.3) is 11.3 Å². The van der Waals surface area contributed by atoms with Crippen molar-refractivity contribution in [3.8, 4) is 11.3 Å². The van der Waals surface area contributed by atoms with E-state index in [0.717, 1.165) is 24.8 Å². The largest absolute Gasteiger partial charge is 0.509 e. The fourth-order valence-electron chi connectivity index (χ4n) is 12.2. The number of carbonyl (C=O) groups is 4. The van der Waals surface area contributed by atoms with Gasteiger partial charge in [0.25, 0.3) is 5.91 Å². The molecule has 2 aromatic rings. The number of aliphatic hydroxyl groups excluding tert-OH is 1. The van der Waals surface area contributed by atoms with E-state index >= 15 is 0 Å². The Hall–Kier alpha value is -4.48. The molecule has 434 valence electrons. The molecule has 1 aliphatic carbocycles. The van der Waals surface area contributed by atoms with E-state index in [1.54, 1.807) is 33.9 Å². The number of aliphatic hydroxyl groups is 2. The van der Waals surface area contributed by atoms with Crippen molar-refractivity contribution in [3.63, 3.8) is 0 Å². The summed E-state index contributed by atoms with van der Waals surface area (Å²) in [4.78, 5) is 58.2. The number of ether oxygens (including phenoxy) is 8. The van der Waals surface area contributed by atoms with Gasteiger partial charge in [-0.15, -0.1) is 5.10 Å². The zero-order valence-corrected chi connectivity index (χ0v) is 48.4. The Kier molecular flexibility index (Phi) is 21.0. The molecule has 2 amide bonds. The van der Waals surface area contributed by atoms with Gasteiger partial charge in [-0.1, -0.05) is 76.9 Å². The summed E-state index contributed by atoms with van der Waals surface area (Å²) in [6, 6.07) is 7.44. The van der Waals surface area contributed by atoms with Crippen LogP contribution in [0.15, 0.2) is 30.5 Å². The summed E-state index contributed by atoms with van der Waals surface area (Å²) < 4.78 is 52.1. The maximum atomic E-state index is 14.9. The van der Waals surface area contributed by atoms with Crippen molar-refractivity contribution in [2.24, 2.45) is 23.7 Å². The number of aryl methyl sites for hydroxylation is 1. The third-order valence-corrected chi connectivity index (χ3v) is 16.9. The first-order valence-corrected chi connectivity index (χ1v) is 27.9. The van der Waals surface area contributed by atoms with E-state index in [1.165, 1.54) is 23.8 Å². The van der Waals surface area contributed by atoms with Gasteiger partial charge in [0, 0.05) is 43.6 Å². The zero-order chi connectivity index (χ0) is 56.7. The molecule has 18 atom stereocenters. The molecule has 21 nitrogen and oxygen atoms in total. The van der Waals surface area contributed by atoms with E-state index in [0.29, 0.717) is 25.1 Å². The predicted octanol–water partition coefficient (Wildman–Crippen LogP) is 6.20. The second-order valence-electron chi connectivity index (χ2n) is 23.6. The van der Waals surface area contributed by atoms with Crippen LogP contribution >= 0.6 is 0 Å². The lowest BCUT2D eigenvalue weighted by atomic mass is 9.75. The van der Waals surface area contributed by atoms with Crippen LogP contribution in [-0.2, 0) is 60.4 Å². The SMILES string of the molecule is CCCCCc1ccc(-c2cn(CC(=O)NNC(=O)O[C@H]3C[C@H](C)[C@@H](O[C@@H]4[C@H](C)[C@@H](O[C@H]5O[C@@H](C)C[C@@H](N(C)C)[C@@H]5O)[C@@](C)(O)C[C@@H](C)CN(C)[C@H](C)[C@H]5OC(=O)O[C@]5(C)[C@H](CC)OC(=O)[C@@H]4C)C[C@@]3(C)OC)nn2)cc1. The topological polar surface area (TPSA) is 244 Å². The molecule has 0 spiro atoms. The number of nitrogens with one attached hydrogen (secondary N) is 2. The molecule has 4 heterocycles. The van der Waals surface area contributed by atoms with Crippen LogP contribution in [0.4, 0.5) is 9.59 Å². The number of methoxy groups -OCH3 is 1. The van der Waals surface area contributed by atoms with Crippen molar-refractivity contribution < 1.29 is 67.3 Å². The zero-order valence-electron chi connectivity index (χ0n) is 48.4. The van der Waals surface area contributed by atoms with Gasteiger partial charge in [-0.25, -0.2) is 19.7 Å². The lowest BCUT2D eigenvalue weighted by Gasteiger charge is -2.49. The molecule has 4 aliphatic rings. The molecule has 1 saturated carbocycles. The van der Waals surface area contributed by atoms with Gasteiger partial charge in [0.15, 0.2) is 18.0 Å². The van der Waals surface area contributed by atoms with E-state index in [2.05, 4.69) is 40.2 Å². The summed E-state index contributed by atoms with van der Waals surface area (Å²) in [7, 11) is 7.20. The summed E-state index contributed by atoms with van der Waals surface area (Å²) in [6.07, 6.45) is -1.87.